The normalized spacial score (nSPS) is 10.7. The van der Waals surface area contributed by atoms with Gasteiger partial charge in [-0.25, -0.2) is 9.97 Å². The average Bonchev–Trinajstić information content (AvgIpc) is 2.48. The van der Waals surface area contributed by atoms with E-state index < -0.39 is 0 Å². The molecule has 2 aromatic rings. The number of aromatic nitrogens is 2. The topological polar surface area (TPSA) is 41.1 Å². The molecule has 21 heavy (non-hydrogen) atoms. The number of nitrogens with one attached hydrogen (secondary N) is 1. The number of rotatable bonds is 6. The van der Waals surface area contributed by atoms with Crippen molar-refractivity contribution in [2.45, 2.75) is 26.9 Å². The SMILES string of the molecule is CCNCc1cnc(N(C)Cc2ccccc2Br)nc1C. The van der Waals surface area contributed by atoms with Crippen LogP contribution in [0.5, 0.6) is 0 Å². The first-order valence-electron chi connectivity index (χ1n) is 7.09. The van der Waals surface area contributed by atoms with Crippen LogP contribution in [0.4, 0.5) is 5.95 Å². The number of hydrogen-bond donors (Lipinski definition) is 1. The van der Waals surface area contributed by atoms with E-state index in [0.29, 0.717) is 0 Å². The zero-order chi connectivity index (χ0) is 15.2. The third-order valence-corrected chi connectivity index (χ3v) is 4.11. The summed E-state index contributed by atoms with van der Waals surface area (Å²) in [6.45, 7) is 6.66. The maximum Gasteiger partial charge on any atom is 0.225 e. The smallest absolute Gasteiger partial charge is 0.225 e. The molecule has 1 N–H and O–H groups in total. The fraction of sp³-hybridized carbons (Fsp3) is 0.375. The van der Waals surface area contributed by atoms with Gasteiger partial charge in [-0.1, -0.05) is 41.1 Å². The van der Waals surface area contributed by atoms with Crippen LogP contribution in [0.15, 0.2) is 34.9 Å². The minimum absolute atomic E-state index is 0.753. The molecule has 0 unspecified atom stereocenters. The molecular weight excluding hydrogens is 328 g/mol. The third kappa shape index (κ3) is 4.25. The number of halogens is 1. The Bertz CT molecular complexity index is 601. The van der Waals surface area contributed by atoms with E-state index in [-0.39, 0.29) is 0 Å². The summed E-state index contributed by atoms with van der Waals surface area (Å²) in [7, 11) is 2.01. The molecule has 0 spiro atoms. The molecule has 0 aliphatic rings. The summed E-state index contributed by atoms with van der Waals surface area (Å²) in [6, 6.07) is 8.21. The summed E-state index contributed by atoms with van der Waals surface area (Å²) in [4.78, 5) is 11.1. The molecule has 0 amide bonds. The average molecular weight is 349 g/mol. The first-order valence-corrected chi connectivity index (χ1v) is 7.89. The molecule has 1 aromatic heterocycles. The predicted octanol–water partition coefficient (Wildman–Crippen LogP) is 3.29. The standard InChI is InChI=1S/C16H21BrN4/c1-4-18-9-14-10-19-16(20-12(14)2)21(3)11-13-7-5-6-8-15(13)17/h5-8,10,18H,4,9,11H2,1-3H3. The summed E-state index contributed by atoms with van der Waals surface area (Å²) in [5, 5.41) is 3.30. The Morgan fingerprint density at radius 3 is 2.67 bits per heavy atom. The van der Waals surface area contributed by atoms with Gasteiger partial charge in [-0.2, -0.15) is 0 Å². The summed E-state index contributed by atoms with van der Waals surface area (Å²) in [6.07, 6.45) is 1.91. The van der Waals surface area contributed by atoms with Gasteiger partial charge in [-0.3, -0.25) is 0 Å². The molecule has 2 rings (SSSR count). The fourth-order valence-corrected chi connectivity index (χ4v) is 2.46. The molecular formula is C16H21BrN4. The van der Waals surface area contributed by atoms with Gasteiger partial charge >= 0.3 is 0 Å². The Kier molecular flexibility index (Phi) is 5.70. The van der Waals surface area contributed by atoms with E-state index in [2.05, 4.69) is 55.2 Å². The molecule has 0 atom stereocenters. The van der Waals surface area contributed by atoms with Crippen molar-refractivity contribution in [3.63, 3.8) is 0 Å². The van der Waals surface area contributed by atoms with Gasteiger partial charge in [0, 0.05) is 42.1 Å². The molecule has 5 heteroatoms. The lowest BCUT2D eigenvalue weighted by molar-refractivity contribution is 0.713. The van der Waals surface area contributed by atoms with E-state index in [1.807, 2.05) is 32.3 Å². The van der Waals surface area contributed by atoms with Crippen LogP contribution in [0.25, 0.3) is 0 Å². The predicted molar refractivity (Wildman–Crippen MR) is 90.4 cm³/mol. The van der Waals surface area contributed by atoms with Crippen molar-refractivity contribution in [1.29, 1.82) is 0 Å². The molecule has 0 saturated carbocycles. The number of aryl methyl sites for hydroxylation is 1. The molecule has 112 valence electrons. The summed E-state index contributed by atoms with van der Waals surface area (Å²) < 4.78 is 1.11. The second kappa shape index (κ2) is 7.52. The zero-order valence-electron chi connectivity index (χ0n) is 12.7. The van der Waals surface area contributed by atoms with Crippen LogP contribution in [0.1, 0.15) is 23.7 Å². The van der Waals surface area contributed by atoms with Gasteiger partial charge in [0.05, 0.1) is 0 Å². The minimum atomic E-state index is 0.753. The molecule has 0 bridgehead atoms. The molecule has 1 aromatic carbocycles. The van der Waals surface area contributed by atoms with Crippen molar-refractivity contribution < 1.29 is 0 Å². The number of benzene rings is 1. The molecule has 4 nitrogen and oxygen atoms in total. The largest absolute Gasteiger partial charge is 0.340 e. The van der Waals surface area contributed by atoms with E-state index in [1.165, 1.54) is 5.56 Å². The summed E-state index contributed by atoms with van der Waals surface area (Å²) >= 11 is 3.58. The van der Waals surface area contributed by atoms with Crippen molar-refractivity contribution in [3.8, 4) is 0 Å². The van der Waals surface area contributed by atoms with Crippen LogP contribution >= 0.6 is 15.9 Å². The molecule has 0 aliphatic carbocycles. The lowest BCUT2D eigenvalue weighted by Crippen LogP contribution is -2.21. The van der Waals surface area contributed by atoms with Gasteiger partial charge in [-0.15, -0.1) is 0 Å². The van der Waals surface area contributed by atoms with E-state index in [4.69, 9.17) is 0 Å². The lowest BCUT2D eigenvalue weighted by Gasteiger charge is -2.19. The van der Waals surface area contributed by atoms with Gasteiger partial charge in [0.25, 0.3) is 0 Å². The maximum atomic E-state index is 4.61. The lowest BCUT2D eigenvalue weighted by atomic mass is 10.2. The van der Waals surface area contributed by atoms with Crippen LogP contribution in [0, 0.1) is 6.92 Å². The molecule has 1 heterocycles. The second-order valence-electron chi connectivity index (χ2n) is 5.01. The minimum Gasteiger partial charge on any atom is -0.340 e. The van der Waals surface area contributed by atoms with Gasteiger partial charge in [-0.05, 0) is 25.1 Å². The summed E-state index contributed by atoms with van der Waals surface area (Å²) in [5.41, 5.74) is 3.40. The van der Waals surface area contributed by atoms with E-state index in [1.54, 1.807) is 0 Å². The monoisotopic (exact) mass is 348 g/mol. The van der Waals surface area contributed by atoms with Crippen molar-refractivity contribution in [2.24, 2.45) is 0 Å². The first kappa shape index (κ1) is 15.9. The molecule has 0 radical (unpaired) electrons. The van der Waals surface area contributed by atoms with Gasteiger partial charge < -0.3 is 10.2 Å². The Hall–Kier alpha value is -1.46. The summed E-state index contributed by atoms with van der Waals surface area (Å²) in [5.74, 6) is 0.753. The zero-order valence-corrected chi connectivity index (χ0v) is 14.3. The fourth-order valence-electron chi connectivity index (χ4n) is 2.05. The quantitative estimate of drug-likeness (QED) is 0.869. The van der Waals surface area contributed by atoms with Crippen LogP contribution < -0.4 is 10.2 Å². The number of nitrogens with zero attached hydrogens (tertiary/aromatic N) is 3. The van der Waals surface area contributed by atoms with Gasteiger partial charge in [0.15, 0.2) is 0 Å². The Morgan fingerprint density at radius 2 is 2.00 bits per heavy atom. The highest BCUT2D eigenvalue weighted by Gasteiger charge is 2.09. The molecule has 0 aliphatic heterocycles. The highest BCUT2D eigenvalue weighted by Crippen LogP contribution is 2.19. The van der Waals surface area contributed by atoms with Crippen molar-refractivity contribution in [3.05, 3.63) is 51.8 Å². The van der Waals surface area contributed by atoms with Crippen molar-refractivity contribution in [1.82, 2.24) is 15.3 Å². The van der Waals surface area contributed by atoms with Crippen LogP contribution in [-0.4, -0.2) is 23.6 Å². The van der Waals surface area contributed by atoms with Crippen molar-refractivity contribution in [2.75, 3.05) is 18.5 Å². The van der Waals surface area contributed by atoms with E-state index in [0.717, 1.165) is 41.3 Å². The highest BCUT2D eigenvalue weighted by atomic mass is 79.9. The van der Waals surface area contributed by atoms with Crippen LogP contribution in [0.3, 0.4) is 0 Å². The van der Waals surface area contributed by atoms with E-state index in [9.17, 15) is 0 Å². The molecule has 0 saturated heterocycles. The van der Waals surface area contributed by atoms with Gasteiger partial charge in [0.2, 0.25) is 5.95 Å². The number of anilines is 1. The Labute approximate surface area is 134 Å². The maximum absolute atomic E-state index is 4.61. The first-order chi connectivity index (χ1) is 10.1. The second-order valence-corrected chi connectivity index (χ2v) is 5.86. The Morgan fingerprint density at radius 1 is 1.24 bits per heavy atom. The van der Waals surface area contributed by atoms with Crippen LogP contribution in [-0.2, 0) is 13.1 Å². The Balaban J connectivity index is 2.11. The van der Waals surface area contributed by atoms with E-state index >= 15 is 0 Å². The van der Waals surface area contributed by atoms with Gasteiger partial charge in [0.1, 0.15) is 0 Å². The third-order valence-electron chi connectivity index (χ3n) is 3.34. The molecule has 0 fully saturated rings. The highest BCUT2D eigenvalue weighted by molar-refractivity contribution is 9.10. The van der Waals surface area contributed by atoms with Crippen molar-refractivity contribution >= 4 is 21.9 Å². The number of hydrogen-bond acceptors (Lipinski definition) is 4. The van der Waals surface area contributed by atoms with Crippen LogP contribution in [0.2, 0.25) is 0 Å².